The summed E-state index contributed by atoms with van der Waals surface area (Å²) in [5.74, 6) is 0.764. The van der Waals surface area contributed by atoms with Crippen LogP contribution in [0.5, 0.6) is 0 Å². The first-order chi connectivity index (χ1) is 10.2. The van der Waals surface area contributed by atoms with Crippen LogP contribution in [0.1, 0.15) is 65.0 Å². The molecule has 120 valence electrons. The summed E-state index contributed by atoms with van der Waals surface area (Å²) >= 11 is 1.50. The summed E-state index contributed by atoms with van der Waals surface area (Å²) in [6, 6.07) is 0.754. The molecule has 1 heterocycles. The van der Waals surface area contributed by atoms with E-state index in [4.69, 9.17) is 0 Å². The van der Waals surface area contributed by atoms with E-state index in [1.54, 1.807) is 0 Å². The van der Waals surface area contributed by atoms with Gasteiger partial charge in [-0.25, -0.2) is 0 Å². The second kappa shape index (κ2) is 8.69. The Kier molecular flexibility index (Phi) is 6.90. The Morgan fingerprint density at radius 3 is 2.76 bits per heavy atom. The van der Waals surface area contributed by atoms with E-state index in [2.05, 4.69) is 40.6 Å². The molecule has 1 saturated carbocycles. The molecule has 4 nitrogen and oxygen atoms in total. The smallest absolute Gasteiger partial charge is 0.134 e. The van der Waals surface area contributed by atoms with Crippen LogP contribution in [0.25, 0.3) is 0 Å². The van der Waals surface area contributed by atoms with Gasteiger partial charge in [0.05, 0.1) is 0 Å². The molecule has 2 rings (SSSR count). The maximum Gasteiger partial charge on any atom is 0.134 e. The van der Waals surface area contributed by atoms with Crippen LogP contribution in [0.15, 0.2) is 0 Å². The monoisotopic (exact) mass is 310 g/mol. The molecule has 21 heavy (non-hydrogen) atoms. The summed E-state index contributed by atoms with van der Waals surface area (Å²) in [7, 11) is 0. The van der Waals surface area contributed by atoms with E-state index in [1.165, 1.54) is 55.2 Å². The largest absolute Gasteiger partial charge is 0.374 e. The van der Waals surface area contributed by atoms with Crippen LogP contribution < -0.4 is 5.32 Å². The summed E-state index contributed by atoms with van der Waals surface area (Å²) in [4.78, 5) is 2.65. The van der Waals surface area contributed by atoms with E-state index in [9.17, 15) is 0 Å². The van der Waals surface area contributed by atoms with Crippen LogP contribution in [0.2, 0.25) is 0 Å². The van der Waals surface area contributed by atoms with Crippen molar-refractivity contribution in [3.8, 4) is 0 Å². The van der Waals surface area contributed by atoms with Crippen molar-refractivity contribution in [3.63, 3.8) is 0 Å². The Morgan fingerprint density at radius 2 is 2.10 bits per heavy atom. The van der Waals surface area contributed by atoms with Crippen LogP contribution in [-0.4, -0.2) is 33.6 Å². The third-order valence-corrected chi connectivity index (χ3v) is 5.00. The van der Waals surface area contributed by atoms with Crippen molar-refractivity contribution in [2.45, 2.75) is 71.9 Å². The zero-order valence-corrected chi connectivity index (χ0v) is 14.6. The zero-order chi connectivity index (χ0) is 15.1. The topological polar surface area (TPSA) is 41.1 Å². The Balaban J connectivity index is 1.98. The Hall–Kier alpha value is -0.680. The Bertz CT molecular complexity index is 399. The van der Waals surface area contributed by atoms with Crippen molar-refractivity contribution in [1.82, 2.24) is 14.5 Å². The minimum atomic E-state index is 0.754. The van der Waals surface area contributed by atoms with Gasteiger partial charge in [0.1, 0.15) is 10.7 Å². The second-order valence-electron chi connectivity index (χ2n) is 6.57. The standard InChI is InChI=1S/C16H30N4S/c1-4-10-17-16-15(18-19-21-16)12-20(11-9-13(2)3)14-7-5-6-8-14/h13-14,17H,4-12H2,1-3H3. The molecule has 0 radical (unpaired) electrons. The van der Waals surface area contributed by atoms with Crippen LogP contribution in [0.3, 0.4) is 0 Å². The molecule has 1 aromatic heterocycles. The SMILES string of the molecule is CCCNc1snnc1CN(CCC(C)C)C1CCCC1. The number of hydrogen-bond donors (Lipinski definition) is 1. The number of aromatic nitrogens is 2. The first-order valence-corrected chi connectivity index (χ1v) is 9.27. The molecule has 0 spiro atoms. The molecule has 0 amide bonds. The van der Waals surface area contributed by atoms with Crippen LogP contribution in [-0.2, 0) is 6.54 Å². The molecule has 0 bridgehead atoms. The average Bonchev–Trinajstić information content (AvgIpc) is 3.12. The minimum absolute atomic E-state index is 0.754. The maximum atomic E-state index is 4.37. The molecule has 1 aliphatic carbocycles. The third kappa shape index (κ3) is 5.22. The Labute approximate surface area is 133 Å². The van der Waals surface area contributed by atoms with Crippen LogP contribution >= 0.6 is 11.5 Å². The molecule has 0 atom stereocenters. The number of rotatable bonds is 9. The molecular formula is C16H30N4S. The predicted molar refractivity (Wildman–Crippen MR) is 90.8 cm³/mol. The van der Waals surface area contributed by atoms with E-state index >= 15 is 0 Å². The lowest BCUT2D eigenvalue weighted by Crippen LogP contribution is -2.34. The van der Waals surface area contributed by atoms with Gasteiger partial charge in [0.15, 0.2) is 0 Å². The van der Waals surface area contributed by atoms with Gasteiger partial charge >= 0.3 is 0 Å². The molecule has 1 N–H and O–H groups in total. The van der Waals surface area contributed by atoms with Crippen molar-refractivity contribution >= 4 is 16.5 Å². The van der Waals surface area contributed by atoms with Crippen molar-refractivity contribution in [2.24, 2.45) is 5.92 Å². The molecule has 1 aliphatic rings. The van der Waals surface area contributed by atoms with Gasteiger partial charge in [0, 0.05) is 30.7 Å². The van der Waals surface area contributed by atoms with Gasteiger partial charge in [-0.05, 0) is 38.1 Å². The molecule has 1 aromatic rings. The Morgan fingerprint density at radius 1 is 1.33 bits per heavy atom. The van der Waals surface area contributed by atoms with Crippen molar-refractivity contribution < 1.29 is 0 Å². The molecule has 0 saturated heterocycles. The maximum absolute atomic E-state index is 4.37. The molecule has 0 aliphatic heterocycles. The van der Waals surface area contributed by atoms with Gasteiger partial charge in [0.25, 0.3) is 0 Å². The van der Waals surface area contributed by atoms with Gasteiger partial charge in [-0.2, -0.15) is 0 Å². The van der Waals surface area contributed by atoms with E-state index in [0.29, 0.717) is 0 Å². The number of nitrogens with one attached hydrogen (secondary N) is 1. The highest BCUT2D eigenvalue weighted by molar-refractivity contribution is 7.10. The molecular weight excluding hydrogens is 280 g/mol. The fourth-order valence-electron chi connectivity index (χ4n) is 2.96. The van der Waals surface area contributed by atoms with Crippen LogP contribution in [0, 0.1) is 5.92 Å². The van der Waals surface area contributed by atoms with E-state index < -0.39 is 0 Å². The fourth-order valence-corrected chi connectivity index (χ4v) is 3.56. The first kappa shape index (κ1) is 16.7. The first-order valence-electron chi connectivity index (χ1n) is 8.49. The molecule has 0 aromatic carbocycles. The molecule has 0 unspecified atom stereocenters. The van der Waals surface area contributed by atoms with Gasteiger partial charge in [-0.1, -0.05) is 38.1 Å². The van der Waals surface area contributed by atoms with E-state index in [0.717, 1.165) is 37.2 Å². The van der Waals surface area contributed by atoms with Crippen molar-refractivity contribution in [2.75, 3.05) is 18.4 Å². The zero-order valence-electron chi connectivity index (χ0n) is 13.8. The lowest BCUT2D eigenvalue weighted by molar-refractivity contribution is 0.177. The summed E-state index contributed by atoms with van der Waals surface area (Å²) in [6.07, 6.45) is 7.89. The minimum Gasteiger partial charge on any atom is -0.374 e. The normalized spacial score (nSPS) is 16.2. The second-order valence-corrected chi connectivity index (χ2v) is 7.32. The highest BCUT2D eigenvalue weighted by atomic mass is 32.1. The van der Waals surface area contributed by atoms with E-state index in [1.807, 2.05) is 0 Å². The number of anilines is 1. The molecule has 5 heteroatoms. The van der Waals surface area contributed by atoms with Crippen molar-refractivity contribution in [1.29, 1.82) is 0 Å². The van der Waals surface area contributed by atoms with Crippen LogP contribution in [0.4, 0.5) is 5.00 Å². The third-order valence-electron chi connectivity index (χ3n) is 4.28. The van der Waals surface area contributed by atoms with Gasteiger partial charge in [0.2, 0.25) is 0 Å². The quantitative estimate of drug-likeness (QED) is 0.744. The van der Waals surface area contributed by atoms with Gasteiger partial charge < -0.3 is 5.32 Å². The summed E-state index contributed by atoms with van der Waals surface area (Å²) in [5.41, 5.74) is 1.14. The summed E-state index contributed by atoms with van der Waals surface area (Å²) in [5, 5.41) is 9.01. The summed E-state index contributed by atoms with van der Waals surface area (Å²) < 4.78 is 4.15. The average molecular weight is 311 g/mol. The fraction of sp³-hybridized carbons (Fsp3) is 0.875. The molecule has 1 fully saturated rings. The lowest BCUT2D eigenvalue weighted by Gasteiger charge is -2.29. The van der Waals surface area contributed by atoms with Gasteiger partial charge in [-0.3, -0.25) is 4.90 Å². The number of hydrogen-bond acceptors (Lipinski definition) is 5. The predicted octanol–water partition coefficient (Wildman–Crippen LogP) is 4.15. The summed E-state index contributed by atoms with van der Waals surface area (Å²) in [6.45, 7) is 9.96. The lowest BCUT2D eigenvalue weighted by atomic mass is 10.1. The van der Waals surface area contributed by atoms with E-state index in [-0.39, 0.29) is 0 Å². The van der Waals surface area contributed by atoms with Gasteiger partial charge in [-0.15, -0.1) is 5.10 Å². The number of nitrogens with zero attached hydrogens (tertiary/aromatic N) is 3. The van der Waals surface area contributed by atoms with Crippen molar-refractivity contribution in [3.05, 3.63) is 5.69 Å². The highest BCUT2D eigenvalue weighted by Gasteiger charge is 2.24. The highest BCUT2D eigenvalue weighted by Crippen LogP contribution is 2.27.